The normalized spacial score (nSPS) is 39.9. The number of methoxy groups -OCH3 is 1. The molecule has 5 nitrogen and oxygen atoms in total. The maximum absolute atomic E-state index is 6.18. The standard InChI is InChI=1S/C18H24O5/c1-5-14-12(2)15(20-11-13-9-7-6-8-10-13)16-17(21-14)23-18(3,19-4)22-16/h5-10,12,14-17H,1,11H2,2-4H3/t12-,14?,15-,16?,17-,18?/m1/s1. The van der Waals surface area contributed by atoms with Gasteiger partial charge in [-0.3, -0.25) is 4.74 Å². The van der Waals surface area contributed by atoms with Gasteiger partial charge in [0.15, 0.2) is 6.29 Å². The summed E-state index contributed by atoms with van der Waals surface area (Å²) in [7, 11) is 1.55. The van der Waals surface area contributed by atoms with Crippen LogP contribution in [0.15, 0.2) is 43.0 Å². The number of rotatable bonds is 5. The largest absolute Gasteiger partial charge is 0.370 e. The highest BCUT2D eigenvalue weighted by Crippen LogP contribution is 2.40. The van der Waals surface area contributed by atoms with Gasteiger partial charge < -0.3 is 18.9 Å². The number of ether oxygens (including phenoxy) is 5. The molecule has 2 aliphatic rings. The van der Waals surface area contributed by atoms with Crippen LogP contribution >= 0.6 is 0 Å². The van der Waals surface area contributed by atoms with Crippen LogP contribution in [0.25, 0.3) is 0 Å². The summed E-state index contributed by atoms with van der Waals surface area (Å²) in [6, 6.07) is 10.1. The van der Waals surface area contributed by atoms with Gasteiger partial charge in [-0.2, -0.15) is 0 Å². The van der Waals surface area contributed by atoms with Crippen molar-refractivity contribution in [2.75, 3.05) is 7.11 Å². The molecule has 0 amide bonds. The lowest BCUT2D eigenvalue weighted by Gasteiger charge is -2.40. The lowest BCUT2D eigenvalue weighted by atomic mass is 9.90. The minimum absolute atomic E-state index is 0.0975. The predicted octanol–water partition coefficient (Wildman–Crippen LogP) is 2.85. The van der Waals surface area contributed by atoms with Crippen LogP contribution in [0.3, 0.4) is 0 Å². The van der Waals surface area contributed by atoms with E-state index in [1.807, 2.05) is 30.3 Å². The molecule has 0 N–H and O–H groups in total. The Kier molecular flexibility index (Phi) is 4.85. The second kappa shape index (κ2) is 6.71. The fourth-order valence-electron chi connectivity index (χ4n) is 3.08. The van der Waals surface area contributed by atoms with Crippen molar-refractivity contribution >= 4 is 0 Å². The van der Waals surface area contributed by atoms with E-state index in [1.54, 1.807) is 20.1 Å². The van der Waals surface area contributed by atoms with Crippen molar-refractivity contribution in [1.82, 2.24) is 0 Å². The highest BCUT2D eigenvalue weighted by atomic mass is 16.9. The summed E-state index contributed by atoms with van der Waals surface area (Å²) in [5.41, 5.74) is 1.12. The van der Waals surface area contributed by atoms with E-state index in [1.165, 1.54) is 0 Å². The van der Waals surface area contributed by atoms with Gasteiger partial charge in [0, 0.05) is 20.0 Å². The summed E-state index contributed by atoms with van der Waals surface area (Å²) in [5.74, 6) is -1.01. The van der Waals surface area contributed by atoms with Crippen LogP contribution in [0.2, 0.25) is 0 Å². The third-order valence-corrected chi connectivity index (χ3v) is 4.49. The van der Waals surface area contributed by atoms with Crippen LogP contribution in [-0.4, -0.2) is 37.7 Å². The average molecular weight is 320 g/mol. The summed E-state index contributed by atoms with van der Waals surface area (Å²) in [6.07, 6.45) is 0.592. The molecule has 0 saturated carbocycles. The summed E-state index contributed by atoms with van der Waals surface area (Å²) < 4.78 is 29.1. The van der Waals surface area contributed by atoms with Crippen LogP contribution in [0, 0.1) is 5.92 Å². The highest BCUT2D eigenvalue weighted by molar-refractivity contribution is 5.13. The molecule has 0 aromatic heterocycles. The first-order valence-electron chi connectivity index (χ1n) is 7.90. The molecule has 3 rings (SSSR count). The summed E-state index contributed by atoms with van der Waals surface area (Å²) in [5, 5.41) is 0. The van der Waals surface area contributed by atoms with Gasteiger partial charge in [-0.05, 0) is 5.56 Å². The molecule has 0 aliphatic carbocycles. The van der Waals surface area contributed by atoms with Crippen molar-refractivity contribution in [2.24, 2.45) is 5.92 Å². The van der Waals surface area contributed by atoms with Crippen LogP contribution in [-0.2, 0) is 30.3 Å². The second-order valence-electron chi connectivity index (χ2n) is 6.09. The Morgan fingerprint density at radius 3 is 2.65 bits per heavy atom. The molecular formula is C18H24O5. The quantitative estimate of drug-likeness (QED) is 0.781. The molecule has 0 radical (unpaired) electrons. The second-order valence-corrected chi connectivity index (χ2v) is 6.09. The Bertz CT molecular complexity index is 533. The number of fused-ring (bicyclic) bond motifs is 1. The first-order chi connectivity index (χ1) is 11.1. The van der Waals surface area contributed by atoms with Crippen molar-refractivity contribution in [1.29, 1.82) is 0 Å². The Morgan fingerprint density at radius 1 is 1.26 bits per heavy atom. The maximum Gasteiger partial charge on any atom is 0.282 e. The van der Waals surface area contributed by atoms with Gasteiger partial charge in [0.2, 0.25) is 0 Å². The summed E-state index contributed by atoms with van der Waals surface area (Å²) in [4.78, 5) is 0. The van der Waals surface area contributed by atoms with Crippen molar-refractivity contribution in [3.05, 3.63) is 48.6 Å². The molecule has 1 aromatic carbocycles. The monoisotopic (exact) mass is 320 g/mol. The molecule has 23 heavy (non-hydrogen) atoms. The molecular weight excluding hydrogens is 296 g/mol. The molecule has 3 unspecified atom stereocenters. The van der Waals surface area contributed by atoms with E-state index in [2.05, 4.69) is 13.5 Å². The van der Waals surface area contributed by atoms with Gasteiger partial charge in [-0.25, -0.2) is 0 Å². The zero-order valence-electron chi connectivity index (χ0n) is 13.8. The molecule has 0 spiro atoms. The Hall–Kier alpha value is -1.24. The van der Waals surface area contributed by atoms with E-state index in [9.17, 15) is 0 Å². The van der Waals surface area contributed by atoms with Gasteiger partial charge in [-0.15, -0.1) is 6.58 Å². The van der Waals surface area contributed by atoms with Crippen LogP contribution in [0.5, 0.6) is 0 Å². The van der Waals surface area contributed by atoms with Crippen LogP contribution < -0.4 is 0 Å². The minimum atomic E-state index is -1.11. The molecule has 2 heterocycles. The van der Waals surface area contributed by atoms with E-state index >= 15 is 0 Å². The van der Waals surface area contributed by atoms with Gasteiger partial charge in [0.1, 0.15) is 6.10 Å². The Labute approximate surface area is 137 Å². The predicted molar refractivity (Wildman–Crippen MR) is 84.4 cm³/mol. The zero-order chi connectivity index (χ0) is 16.4. The fraction of sp³-hybridized carbons (Fsp3) is 0.556. The Morgan fingerprint density at radius 2 is 2.00 bits per heavy atom. The van der Waals surface area contributed by atoms with Crippen molar-refractivity contribution in [2.45, 2.75) is 51.0 Å². The maximum atomic E-state index is 6.18. The lowest BCUT2D eigenvalue weighted by Crippen LogP contribution is -2.52. The van der Waals surface area contributed by atoms with Crippen molar-refractivity contribution in [3.8, 4) is 0 Å². The van der Waals surface area contributed by atoms with Crippen molar-refractivity contribution < 1.29 is 23.7 Å². The fourth-order valence-corrected chi connectivity index (χ4v) is 3.08. The van der Waals surface area contributed by atoms with Gasteiger partial charge in [-0.1, -0.05) is 43.3 Å². The van der Waals surface area contributed by atoms with E-state index in [0.29, 0.717) is 6.61 Å². The number of hydrogen-bond donors (Lipinski definition) is 0. The molecule has 1 aromatic rings. The molecule has 2 aliphatic heterocycles. The SMILES string of the molecule is C=CC1O[C@@H]2OC(C)(OC)OC2[C@H](OCc2ccccc2)[C@@H]1C. The first-order valence-corrected chi connectivity index (χ1v) is 7.90. The zero-order valence-corrected chi connectivity index (χ0v) is 13.8. The third-order valence-electron chi connectivity index (χ3n) is 4.49. The smallest absolute Gasteiger partial charge is 0.282 e. The first kappa shape index (κ1) is 16.6. The van der Waals surface area contributed by atoms with Crippen LogP contribution in [0.4, 0.5) is 0 Å². The van der Waals surface area contributed by atoms with Gasteiger partial charge in [0.25, 0.3) is 5.97 Å². The molecule has 5 heteroatoms. The summed E-state index contributed by atoms with van der Waals surface area (Å²) in [6.45, 7) is 8.17. The third kappa shape index (κ3) is 3.34. The van der Waals surface area contributed by atoms with Crippen LogP contribution in [0.1, 0.15) is 19.4 Å². The van der Waals surface area contributed by atoms with E-state index < -0.39 is 12.3 Å². The molecule has 0 bridgehead atoms. The van der Waals surface area contributed by atoms with E-state index in [0.717, 1.165) is 5.56 Å². The van der Waals surface area contributed by atoms with Crippen molar-refractivity contribution in [3.63, 3.8) is 0 Å². The van der Waals surface area contributed by atoms with Gasteiger partial charge in [0.05, 0.1) is 18.8 Å². The highest BCUT2D eigenvalue weighted by Gasteiger charge is 2.55. The molecule has 2 fully saturated rings. The Balaban J connectivity index is 1.75. The van der Waals surface area contributed by atoms with Gasteiger partial charge >= 0.3 is 0 Å². The van der Waals surface area contributed by atoms with E-state index in [-0.39, 0.29) is 24.2 Å². The average Bonchev–Trinajstić information content (AvgIpc) is 2.91. The minimum Gasteiger partial charge on any atom is -0.370 e. The summed E-state index contributed by atoms with van der Waals surface area (Å²) >= 11 is 0. The number of benzene rings is 1. The number of hydrogen-bond acceptors (Lipinski definition) is 5. The topological polar surface area (TPSA) is 46.2 Å². The van der Waals surface area contributed by atoms with E-state index in [4.69, 9.17) is 23.7 Å². The molecule has 6 atom stereocenters. The lowest BCUT2D eigenvalue weighted by molar-refractivity contribution is -0.332. The molecule has 2 saturated heterocycles. The molecule has 126 valence electrons.